The van der Waals surface area contributed by atoms with E-state index in [1.807, 2.05) is 35.2 Å². The maximum absolute atomic E-state index is 12.5. The van der Waals surface area contributed by atoms with Crippen LogP contribution >= 0.6 is 0 Å². The number of hydrogen-bond acceptors (Lipinski definition) is 3. The van der Waals surface area contributed by atoms with E-state index in [9.17, 15) is 4.79 Å². The predicted molar refractivity (Wildman–Crippen MR) is 74.4 cm³/mol. The number of nitrogens with one attached hydrogen (secondary N) is 1. The molecule has 0 radical (unpaired) electrons. The number of hydrogen-bond donors (Lipinski definition) is 2. The minimum absolute atomic E-state index is 0.0720. The molecule has 2 aliphatic rings. The molecule has 2 heterocycles. The van der Waals surface area contributed by atoms with E-state index in [-0.39, 0.29) is 5.91 Å². The first-order valence-corrected chi connectivity index (χ1v) is 7.04. The highest BCUT2D eigenvalue weighted by Crippen LogP contribution is 2.26. The van der Waals surface area contributed by atoms with Crippen LogP contribution in [0.2, 0.25) is 0 Å². The SMILES string of the molecule is N[C@H](C(=O)N1C[C@@H]2CNC[C@@H](C2)C1)c1ccccc1. The fraction of sp³-hybridized carbons (Fsp3) is 0.533. The van der Waals surface area contributed by atoms with E-state index >= 15 is 0 Å². The van der Waals surface area contributed by atoms with Crippen LogP contribution in [0.4, 0.5) is 0 Å². The minimum Gasteiger partial charge on any atom is -0.340 e. The van der Waals surface area contributed by atoms with E-state index in [2.05, 4.69) is 5.32 Å². The van der Waals surface area contributed by atoms with Crippen molar-refractivity contribution in [2.75, 3.05) is 26.2 Å². The highest BCUT2D eigenvalue weighted by Gasteiger charge is 2.34. The molecule has 0 spiro atoms. The molecule has 3 N–H and O–H groups in total. The predicted octanol–water partition coefficient (Wildman–Crippen LogP) is 0.754. The van der Waals surface area contributed by atoms with Crippen molar-refractivity contribution >= 4 is 5.91 Å². The monoisotopic (exact) mass is 259 g/mol. The first kappa shape index (κ1) is 12.6. The van der Waals surface area contributed by atoms with Crippen LogP contribution in [-0.4, -0.2) is 37.0 Å². The molecule has 0 aromatic heterocycles. The third kappa shape index (κ3) is 2.65. The number of carbonyl (C=O) groups is 1. The van der Waals surface area contributed by atoms with Gasteiger partial charge in [-0.2, -0.15) is 0 Å². The number of nitrogens with two attached hydrogens (primary N) is 1. The van der Waals surface area contributed by atoms with Crippen molar-refractivity contribution in [1.82, 2.24) is 10.2 Å². The standard InChI is InChI=1S/C15H21N3O/c16-14(13-4-2-1-3-5-13)15(19)18-9-11-6-12(10-18)8-17-7-11/h1-5,11-12,14,17H,6-10,16H2/t11-,12+,14-/m0/s1. The zero-order valence-electron chi connectivity index (χ0n) is 11.1. The average molecular weight is 259 g/mol. The molecule has 1 aromatic carbocycles. The second-order valence-electron chi connectivity index (χ2n) is 5.76. The number of piperidine rings is 2. The number of rotatable bonds is 2. The quantitative estimate of drug-likeness (QED) is 0.824. The lowest BCUT2D eigenvalue weighted by Crippen LogP contribution is -2.54. The third-order valence-electron chi connectivity index (χ3n) is 4.23. The summed E-state index contributed by atoms with van der Waals surface area (Å²) in [5.41, 5.74) is 7.02. The summed E-state index contributed by atoms with van der Waals surface area (Å²) < 4.78 is 0. The fourth-order valence-corrected chi connectivity index (χ4v) is 3.29. The van der Waals surface area contributed by atoms with Crippen LogP contribution in [0.3, 0.4) is 0 Å². The summed E-state index contributed by atoms with van der Waals surface area (Å²) in [7, 11) is 0. The van der Waals surface area contributed by atoms with Crippen LogP contribution in [0, 0.1) is 11.8 Å². The molecule has 2 saturated heterocycles. The van der Waals surface area contributed by atoms with Crippen LogP contribution in [-0.2, 0) is 4.79 Å². The smallest absolute Gasteiger partial charge is 0.244 e. The maximum Gasteiger partial charge on any atom is 0.244 e. The van der Waals surface area contributed by atoms with Gasteiger partial charge in [0.25, 0.3) is 0 Å². The van der Waals surface area contributed by atoms with Crippen molar-refractivity contribution in [2.24, 2.45) is 17.6 Å². The molecule has 1 amide bonds. The first-order valence-electron chi connectivity index (χ1n) is 7.04. The largest absolute Gasteiger partial charge is 0.340 e. The van der Waals surface area contributed by atoms with Gasteiger partial charge in [-0.25, -0.2) is 0 Å². The summed E-state index contributed by atoms with van der Waals surface area (Å²) in [6, 6.07) is 9.13. The Kier molecular flexibility index (Phi) is 3.53. The fourth-order valence-electron chi connectivity index (χ4n) is 3.29. The van der Waals surface area contributed by atoms with Gasteiger partial charge in [0.05, 0.1) is 0 Å². The lowest BCUT2D eigenvalue weighted by atomic mass is 9.85. The van der Waals surface area contributed by atoms with Gasteiger partial charge in [-0.1, -0.05) is 30.3 Å². The van der Waals surface area contributed by atoms with Gasteiger partial charge in [0.2, 0.25) is 5.91 Å². The number of fused-ring (bicyclic) bond motifs is 2. The van der Waals surface area contributed by atoms with Crippen LogP contribution in [0.5, 0.6) is 0 Å². The Balaban J connectivity index is 1.70. The van der Waals surface area contributed by atoms with Crippen LogP contribution in [0.15, 0.2) is 30.3 Å². The maximum atomic E-state index is 12.5. The minimum atomic E-state index is -0.520. The van der Waals surface area contributed by atoms with Crippen molar-refractivity contribution < 1.29 is 4.79 Å². The average Bonchev–Trinajstić information content (AvgIpc) is 2.46. The molecule has 3 atom stereocenters. The summed E-state index contributed by atoms with van der Waals surface area (Å²) in [5, 5.41) is 3.44. The number of nitrogens with zero attached hydrogens (tertiary/aromatic N) is 1. The molecule has 2 bridgehead atoms. The van der Waals surface area contributed by atoms with Crippen molar-refractivity contribution in [2.45, 2.75) is 12.5 Å². The zero-order valence-corrected chi connectivity index (χ0v) is 11.1. The Bertz CT molecular complexity index is 436. The Hall–Kier alpha value is -1.39. The molecule has 1 aromatic rings. The van der Waals surface area contributed by atoms with Crippen LogP contribution in [0.1, 0.15) is 18.0 Å². The number of benzene rings is 1. The van der Waals surface area contributed by atoms with Crippen molar-refractivity contribution in [3.05, 3.63) is 35.9 Å². The molecule has 0 unspecified atom stereocenters. The molecule has 4 heteroatoms. The molecule has 3 rings (SSSR count). The summed E-state index contributed by atoms with van der Waals surface area (Å²) in [5.74, 6) is 1.27. The Morgan fingerprint density at radius 1 is 1.21 bits per heavy atom. The lowest BCUT2D eigenvalue weighted by Gasteiger charge is -2.42. The van der Waals surface area contributed by atoms with E-state index in [1.54, 1.807) is 0 Å². The highest BCUT2D eigenvalue weighted by atomic mass is 16.2. The summed E-state index contributed by atoms with van der Waals surface area (Å²) in [4.78, 5) is 14.5. The van der Waals surface area contributed by atoms with Crippen molar-refractivity contribution in [1.29, 1.82) is 0 Å². The molecular formula is C15H21N3O. The van der Waals surface area contributed by atoms with Crippen LogP contribution < -0.4 is 11.1 Å². The molecule has 4 nitrogen and oxygen atoms in total. The number of carbonyl (C=O) groups excluding carboxylic acids is 1. The summed E-state index contributed by atoms with van der Waals surface area (Å²) in [6.45, 7) is 3.76. The molecule has 2 aliphatic heterocycles. The van der Waals surface area contributed by atoms with Gasteiger partial charge in [0, 0.05) is 13.1 Å². The molecule has 0 saturated carbocycles. The molecule has 0 aliphatic carbocycles. The van der Waals surface area contributed by atoms with Crippen molar-refractivity contribution in [3.63, 3.8) is 0 Å². The van der Waals surface area contributed by atoms with Gasteiger partial charge in [-0.3, -0.25) is 4.79 Å². The molecular weight excluding hydrogens is 238 g/mol. The Morgan fingerprint density at radius 2 is 1.84 bits per heavy atom. The van der Waals surface area contributed by atoms with Gasteiger partial charge in [-0.15, -0.1) is 0 Å². The summed E-state index contributed by atoms with van der Waals surface area (Å²) in [6.07, 6.45) is 1.25. The van der Waals surface area contributed by atoms with E-state index in [1.165, 1.54) is 6.42 Å². The van der Waals surface area contributed by atoms with Crippen LogP contribution in [0.25, 0.3) is 0 Å². The van der Waals surface area contributed by atoms with Crippen molar-refractivity contribution in [3.8, 4) is 0 Å². The van der Waals surface area contributed by atoms with E-state index < -0.39 is 6.04 Å². The van der Waals surface area contributed by atoms with Gasteiger partial charge >= 0.3 is 0 Å². The Morgan fingerprint density at radius 3 is 2.47 bits per heavy atom. The Labute approximate surface area is 114 Å². The summed E-state index contributed by atoms with van der Waals surface area (Å²) >= 11 is 0. The first-order chi connectivity index (χ1) is 9.24. The van der Waals surface area contributed by atoms with E-state index in [4.69, 9.17) is 5.73 Å². The second-order valence-corrected chi connectivity index (χ2v) is 5.76. The molecule has 19 heavy (non-hydrogen) atoms. The van der Waals surface area contributed by atoms with Gasteiger partial charge < -0.3 is 16.0 Å². The normalized spacial score (nSPS) is 27.9. The van der Waals surface area contributed by atoms with E-state index in [0.717, 1.165) is 31.7 Å². The molecule has 2 fully saturated rings. The zero-order chi connectivity index (χ0) is 13.2. The number of amides is 1. The van der Waals surface area contributed by atoms with Gasteiger partial charge in [-0.05, 0) is 36.9 Å². The van der Waals surface area contributed by atoms with Gasteiger partial charge in [0.1, 0.15) is 6.04 Å². The third-order valence-corrected chi connectivity index (χ3v) is 4.23. The second kappa shape index (κ2) is 5.31. The number of likely N-dealkylation sites (tertiary alicyclic amines) is 1. The molecule has 102 valence electrons. The van der Waals surface area contributed by atoms with E-state index in [0.29, 0.717) is 11.8 Å². The lowest BCUT2D eigenvalue weighted by molar-refractivity contribution is -0.136. The van der Waals surface area contributed by atoms with Gasteiger partial charge in [0.15, 0.2) is 0 Å². The highest BCUT2D eigenvalue weighted by molar-refractivity contribution is 5.83. The topological polar surface area (TPSA) is 58.4 Å².